The second kappa shape index (κ2) is 6.46. The van der Waals surface area contributed by atoms with Gasteiger partial charge in [0.2, 0.25) is 0 Å². The van der Waals surface area contributed by atoms with Crippen molar-refractivity contribution < 1.29 is 10.0 Å². The van der Waals surface area contributed by atoms with Crippen LogP contribution in [0.3, 0.4) is 0 Å². The largest absolute Gasteiger partial charge is 0.327 e. The van der Waals surface area contributed by atoms with Crippen molar-refractivity contribution >= 4 is 16.9 Å². The Labute approximate surface area is 130 Å². The maximum atomic E-state index is 11.3. The summed E-state index contributed by atoms with van der Waals surface area (Å²) >= 11 is 0. The zero-order valence-electron chi connectivity index (χ0n) is 13.3. The third-order valence-corrected chi connectivity index (χ3v) is 3.49. The summed E-state index contributed by atoms with van der Waals surface area (Å²) in [7, 11) is 0. The summed E-state index contributed by atoms with van der Waals surface area (Å²) in [6, 6.07) is 7.26. The third kappa shape index (κ3) is 3.84. The van der Waals surface area contributed by atoms with Gasteiger partial charge in [-0.2, -0.15) is 0 Å². The molecule has 1 aromatic heterocycles. The predicted octanol–water partition coefficient (Wildman–Crippen LogP) is 1.85. The number of nitrogens with two attached hydrogens (primary N) is 1. The number of imidazole rings is 1. The summed E-state index contributed by atoms with van der Waals surface area (Å²) in [6.07, 6.45) is 1.01. The van der Waals surface area contributed by atoms with E-state index in [1.165, 1.54) is 0 Å². The van der Waals surface area contributed by atoms with Crippen molar-refractivity contribution in [1.29, 1.82) is 0 Å². The van der Waals surface area contributed by atoms with Gasteiger partial charge >= 0.3 is 0 Å². The topological polar surface area (TPSA) is 93.2 Å². The van der Waals surface area contributed by atoms with Crippen LogP contribution in [0.25, 0.3) is 11.0 Å². The first-order valence-electron chi connectivity index (χ1n) is 7.45. The standard InChI is InChI=1S/C16H24N4O2/c1-16(2,3)10-20-13-7-5-4-6-12(13)18-14(20)9-8-11(17)15(21)19-22/h4-7,11,22H,8-10,17H2,1-3H3,(H,19,21). The molecule has 2 rings (SSSR count). The molecule has 0 fully saturated rings. The number of amides is 1. The molecule has 120 valence electrons. The molecule has 2 aromatic rings. The molecule has 0 aliphatic rings. The van der Waals surface area contributed by atoms with Crippen LogP contribution in [0.1, 0.15) is 33.0 Å². The number of fused-ring (bicyclic) bond motifs is 1. The van der Waals surface area contributed by atoms with Crippen LogP contribution in [0.5, 0.6) is 0 Å². The average Bonchev–Trinajstić information content (AvgIpc) is 2.80. The predicted molar refractivity (Wildman–Crippen MR) is 85.4 cm³/mol. The van der Waals surface area contributed by atoms with E-state index < -0.39 is 11.9 Å². The average molecular weight is 304 g/mol. The minimum Gasteiger partial charge on any atom is -0.327 e. The van der Waals surface area contributed by atoms with Gasteiger partial charge in [0.15, 0.2) is 0 Å². The zero-order valence-corrected chi connectivity index (χ0v) is 13.3. The SMILES string of the molecule is CC(C)(C)Cn1c(CCC(N)C(=O)NO)nc2ccccc21. The van der Waals surface area contributed by atoms with Crippen molar-refractivity contribution in [2.45, 2.75) is 46.2 Å². The number of carbonyl (C=O) groups excluding carboxylic acids is 1. The molecule has 0 aliphatic heterocycles. The summed E-state index contributed by atoms with van der Waals surface area (Å²) < 4.78 is 2.19. The monoisotopic (exact) mass is 304 g/mol. The molecule has 0 saturated heterocycles. The maximum absolute atomic E-state index is 11.3. The van der Waals surface area contributed by atoms with Gasteiger partial charge in [0, 0.05) is 13.0 Å². The van der Waals surface area contributed by atoms with Crippen molar-refractivity contribution in [3.63, 3.8) is 0 Å². The van der Waals surface area contributed by atoms with Crippen LogP contribution in [0.4, 0.5) is 0 Å². The smallest absolute Gasteiger partial charge is 0.260 e. The van der Waals surface area contributed by atoms with E-state index in [1.807, 2.05) is 18.2 Å². The molecular weight excluding hydrogens is 280 g/mol. The van der Waals surface area contributed by atoms with Crippen LogP contribution in [-0.2, 0) is 17.8 Å². The van der Waals surface area contributed by atoms with Gasteiger partial charge in [-0.3, -0.25) is 10.0 Å². The Balaban J connectivity index is 2.28. The fraction of sp³-hybridized carbons (Fsp3) is 0.500. The van der Waals surface area contributed by atoms with Crippen molar-refractivity contribution in [1.82, 2.24) is 15.0 Å². The van der Waals surface area contributed by atoms with Gasteiger partial charge in [0.1, 0.15) is 5.82 Å². The van der Waals surface area contributed by atoms with E-state index in [0.717, 1.165) is 23.4 Å². The van der Waals surface area contributed by atoms with E-state index in [2.05, 4.69) is 36.4 Å². The number of nitrogens with one attached hydrogen (secondary N) is 1. The summed E-state index contributed by atoms with van der Waals surface area (Å²) in [5.41, 5.74) is 9.48. The summed E-state index contributed by atoms with van der Waals surface area (Å²) in [4.78, 5) is 16.0. The highest BCUT2D eigenvalue weighted by Crippen LogP contribution is 2.24. The Morgan fingerprint density at radius 3 is 2.73 bits per heavy atom. The Hall–Kier alpha value is -1.92. The fourth-order valence-corrected chi connectivity index (χ4v) is 2.47. The highest BCUT2D eigenvalue weighted by atomic mass is 16.5. The van der Waals surface area contributed by atoms with E-state index in [4.69, 9.17) is 10.9 Å². The number of para-hydroxylation sites is 2. The Morgan fingerprint density at radius 1 is 1.41 bits per heavy atom. The number of benzene rings is 1. The number of aryl methyl sites for hydroxylation is 1. The lowest BCUT2D eigenvalue weighted by Gasteiger charge is -2.21. The quantitative estimate of drug-likeness (QED) is 0.580. The second-order valence-corrected chi connectivity index (χ2v) is 6.78. The van der Waals surface area contributed by atoms with Gasteiger partial charge in [-0.1, -0.05) is 32.9 Å². The summed E-state index contributed by atoms with van der Waals surface area (Å²) in [5, 5.41) is 8.62. The normalized spacial score (nSPS) is 13.3. The molecule has 1 aromatic carbocycles. The molecule has 0 spiro atoms. The summed E-state index contributed by atoms with van der Waals surface area (Å²) in [5.74, 6) is 0.343. The lowest BCUT2D eigenvalue weighted by Crippen LogP contribution is -2.39. The number of carbonyl (C=O) groups is 1. The first-order valence-corrected chi connectivity index (χ1v) is 7.45. The Kier molecular flexibility index (Phi) is 4.83. The van der Waals surface area contributed by atoms with Crippen molar-refractivity contribution in [2.24, 2.45) is 11.1 Å². The molecule has 4 N–H and O–H groups in total. The molecule has 1 unspecified atom stereocenters. The first kappa shape index (κ1) is 16.5. The second-order valence-electron chi connectivity index (χ2n) is 6.78. The van der Waals surface area contributed by atoms with Crippen LogP contribution in [-0.4, -0.2) is 26.7 Å². The number of hydroxylamine groups is 1. The molecule has 1 heterocycles. The third-order valence-electron chi connectivity index (χ3n) is 3.49. The molecule has 0 bridgehead atoms. The first-order chi connectivity index (χ1) is 10.3. The number of aromatic nitrogens is 2. The molecule has 0 saturated carbocycles. The van der Waals surface area contributed by atoms with E-state index >= 15 is 0 Å². The van der Waals surface area contributed by atoms with Crippen LogP contribution in [0.2, 0.25) is 0 Å². The van der Waals surface area contributed by atoms with E-state index in [-0.39, 0.29) is 5.41 Å². The van der Waals surface area contributed by atoms with Gasteiger partial charge in [-0.25, -0.2) is 10.5 Å². The van der Waals surface area contributed by atoms with Crippen molar-refractivity contribution in [2.75, 3.05) is 0 Å². The molecule has 22 heavy (non-hydrogen) atoms. The van der Waals surface area contributed by atoms with Gasteiger partial charge in [-0.15, -0.1) is 0 Å². The fourth-order valence-electron chi connectivity index (χ4n) is 2.47. The molecule has 6 heteroatoms. The van der Waals surface area contributed by atoms with Crippen molar-refractivity contribution in [3.8, 4) is 0 Å². The van der Waals surface area contributed by atoms with Crippen LogP contribution in [0.15, 0.2) is 24.3 Å². The van der Waals surface area contributed by atoms with Gasteiger partial charge < -0.3 is 10.3 Å². The maximum Gasteiger partial charge on any atom is 0.260 e. The number of hydrogen-bond acceptors (Lipinski definition) is 4. The number of rotatable bonds is 5. The van der Waals surface area contributed by atoms with Gasteiger partial charge in [0.25, 0.3) is 5.91 Å². The van der Waals surface area contributed by atoms with E-state index in [0.29, 0.717) is 12.8 Å². The molecule has 0 radical (unpaired) electrons. The van der Waals surface area contributed by atoms with E-state index in [9.17, 15) is 4.79 Å². The lowest BCUT2D eigenvalue weighted by atomic mass is 9.96. The summed E-state index contributed by atoms with van der Waals surface area (Å²) in [6.45, 7) is 7.37. The van der Waals surface area contributed by atoms with Gasteiger partial charge in [-0.05, 0) is 24.0 Å². The van der Waals surface area contributed by atoms with Crippen LogP contribution in [0, 0.1) is 5.41 Å². The molecule has 0 aliphatic carbocycles. The Morgan fingerprint density at radius 2 is 2.09 bits per heavy atom. The van der Waals surface area contributed by atoms with Crippen LogP contribution < -0.4 is 11.2 Å². The highest BCUT2D eigenvalue weighted by molar-refractivity contribution is 5.80. The number of hydrogen-bond donors (Lipinski definition) is 3. The molecule has 6 nitrogen and oxygen atoms in total. The minimum absolute atomic E-state index is 0.114. The lowest BCUT2D eigenvalue weighted by molar-refractivity contribution is -0.130. The van der Waals surface area contributed by atoms with Gasteiger partial charge in [0.05, 0.1) is 17.1 Å². The van der Waals surface area contributed by atoms with Crippen LogP contribution >= 0.6 is 0 Å². The molecule has 1 amide bonds. The molecular formula is C16H24N4O2. The van der Waals surface area contributed by atoms with E-state index in [1.54, 1.807) is 5.48 Å². The number of nitrogens with zero attached hydrogens (tertiary/aromatic N) is 2. The zero-order chi connectivity index (χ0) is 16.3. The van der Waals surface area contributed by atoms with Crippen molar-refractivity contribution in [3.05, 3.63) is 30.1 Å². The molecule has 1 atom stereocenters. The highest BCUT2D eigenvalue weighted by Gasteiger charge is 2.19. The Bertz CT molecular complexity index is 658. The minimum atomic E-state index is -0.743.